The van der Waals surface area contributed by atoms with E-state index in [2.05, 4.69) is 0 Å². The van der Waals surface area contributed by atoms with Crippen molar-refractivity contribution in [3.8, 4) is 11.1 Å². The van der Waals surface area contributed by atoms with E-state index in [-0.39, 0.29) is 5.69 Å². The summed E-state index contributed by atoms with van der Waals surface area (Å²) in [6.07, 6.45) is 0.582. The monoisotopic (exact) mass is 352 g/mol. The molecule has 0 atom stereocenters. The first kappa shape index (κ1) is 17.6. The molecule has 0 fully saturated rings. The second kappa shape index (κ2) is 7.24. The molecule has 2 rings (SSSR count). The Hall–Kier alpha value is -1.71. The lowest BCUT2D eigenvalue weighted by Gasteiger charge is -2.15. The van der Waals surface area contributed by atoms with Gasteiger partial charge < -0.3 is 10.6 Å². The lowest BCUT2D eigenvalue weighted by atomic mass is 9.98. The quantitative estimate of drug-likeness (QED) is 0.597. The van der Waals surface area contributed by atoms with Gasteiger partial charge in [0.25, 0.3) is 0 Å². The fourth-order valence-corrected chi connectivity index (χ4v) is 2.75. The SMILES string of the molecule is C/C(Cc1cc(N)c(F)c(-c2ccccc2Cl)c1)=C(\Cl)N(C)C. The largest absolute Gasteiger partial charge is 0.396 e. The summed E-state index contributed by atoms with van der Waals surface area (Å²) in [6, 6.07) is 10.5. The molecule has 2 aromatic carbocycles. The first-order valence-electron chi connectivity index (χ1n) is 7.16. The van der Waals surface area contributed by atoms with Crippen molar-refractivity contribution < 1.29 is 4.39 Å². The second-order valence-electron chi connectivity index (χ2n) is 5.67. The maximum atomic E-state index is 14.4. The summed E-state index contributed by atoms with van der Waals surface area (Å²) in [5.41, 5.74) is 8.84. The summed E-state index contributed by atoms with van der Waals surface area (Å²) in [6.45, 7) is 1.94. The molecule has 0 amide bonds. The number of nitrogens with two attached hydrogens (primary N) is 1. The van der Waals surface area contributed by atoms with Crippen molar-refractivity contribution in [2.75, 3.05) is 19.8 Å². The Morgan fingerprint density at radius 2 is 1.83 bits per heavy atom. The summed E-state index contributed by atoms with van der Waals surface area (Å²) < 4.78 is 14.4. The molecule has 0 aliphatic heterocycles. The van der Waals surface area contributed by atoms with Crippen molar-refractivity contribution in [1.82, 2.24) is 4.90 Å². The summed E-state index contributed by atoms with van der Waals surface area (Å²) in [5.74, 6) is -0.456. The van der Waals surface area contributed by atoms with E-state index in [1.807, 2.05) is 32.0 Å². The molecule has 0 saturated carbocycles. The number of halogens is 3. The Morgan fingerprint density at radius 3 is 2.43 bits per heavy atom. The summed E-state index contributed by atoms with van der Waals surface area (Å²) in [7, 11) is 3.75. The van der Waals surface area contributed by atoms with Gasteiger partial charge in [0, 0.05) is 30.2 Å². The average molecular weight is 353 g/mol. The maximum absolute atomic E-state index is 14.4. The second-order valence-corrected chi connectivity index (χ2v) is 6.43. The van der Waals surface area contributed by atoms with Crippen molar-refractivity contribution >= 4 is 28.9 Å². The lowest BCUT2D eigenvalue weighted by Crippen LogP contribution is -2.09. The normalized spacial score (nSPS) is 12.1. The zero-order valence-electron chi connectivity index (χ0n) is 13.3. The number of rotatable bonds is 4. The van der Waals surface area contributed by atoms with Gasteiger partial charge in [0.2, 0.25) is 0 Å². The van der Waals surface area contributed by atoms with Gasteiger partial charge in [0.15, 0.2) is 5.82 Å². The van der Waals surface area contributed by atoms with Crippen LogP contribution in [0, 0.1) is 5.82 Å². The van der Waals surface area contributed by atoms with E-state index < -0.39 is 5.82 Å². The van der Waals surface area contributed by atoms with Crippen molar-refractivity contribution in [1.29, 1.82) is 0 Å². The topological polar surface area (TPSA) is 29.3 Å². The van der Waals surface area contributed by atoms with Crippen LogP contribution in [0.15, 0.2) is 47.1 Å². The van der Waals surface area contributed by atoms with Crippen molar-refractivity contribution in [2.24, 2.45) is 0 Å². The predicted molar refractivity (Wildman–Crippen MR) is 97.2 cm³/mol. The highest BCUT2D eigenvalue weighted by Crippen LogP contribution is 2.33. The van der Waals surface area contributed by atoms with E-state index in [9.17, 15) is 4.39 Å². The smallest absolute Gasteiger partial charge is 0.153 e. The molecule has 2 N–H and O–H groups in total. The van der Waals surface area contributed by atoms with E-state index in [1.54, 1.807) is 30.3 Å². The fraction of sp³-hybridized carbons (Fsp3) is 0.222. The van der Waals surface area contributed by atoms with Crippen LogP contribution in [0.5, 0.6) is 0 Å². The standard InChI is InChI=1S/C18H19Cl2FN2/c1-11(18(20)23(2)3)8-12-9-14(17(21)16(22)10-12)13-6-4-5-7-15(13)19/h4-7,9-10H,8,22H2,1-3H3/b18-11-. The number of nitrogen functional groups attached to an aromatic ring is 1. The fourth-order valence-electron chi connectivity index (χ4n) is 2.45. The highest BCUT2D eigenvalue weighted by Gasteiger charge is 2.14. The van der Waals surface area contributed by atoms with E-state index in [0.29, 0.717) is 27.7 Å². The van der Waals surface area contributed by atoms with Gasteiger partial charge in [-0.05, 0) is 42.7 Å². The minimum absolute atomic E-state index is 0.103. The highest BCUT2D eigenvalue weighted by atomic mass is 35.5. The zero-order valence-corrected chi connectivity index (χ0v) is 14.8. The molecular weight excluding hydrogens is 334 g/mol. The predicted octanol–water partition coefficient (Wildman–Crippen LogP) is 5.30. The molecule has 23 heavy (non-hydrogen) atoms. The molecule has 0 aliphatic rings. The van der Waals surface area contributed by atoms with Gasteiger partial charge in [-0.25, -0.2) is 4.39 Å². The summed E-state index contributed by atoms with van der Waals surface area (Å²) >= 11 is 12.4. The first-order chi connectivity index (χ1) is 10.8. The van der Waals surface area contributed by atoms with Gasteiger partial charge in [-0.3, -0.25) is 0 Å². The number of nitrogens with zero attached hydrogens (tertiary/aromatic N) is 1. The first-order valence-corrected chi connectivity index (χ1v) is 7.92. The Labute approximate surface area is 146 Å². The van der Waals surface area contributed by atoms with Crippen LogP contribution >= 0.6 is 23.2 Å². The van der Waals surface area contributed by atoms with Gasteiger partial charge in [0.05, 0.1) is 5.69 Å². The van der Waals surface area contributed by atoms with Crippen LogP contribution in [0.2, 0.25) is 5.02 Å². The van der Waals surface area contributed by atoms with E-state index in [4.69, 9.17) is 28.9 Å². The maximum Gasteiger partial charge on any atom is 0.153 e. The van der Waals surface area contributed by atoms with Crippen LogP contribution in [0.25, 0.3) is 11.1 Å². The number of hydrogen-bond donors (Lipinski definition) is 1. The molecule has 2 aromatic rings. The van der Waals surface area contributed by atoms with Crippen LogP contribution in [0.4, 0.5) is 10.1 Å². The molecule has 5 heteroatoms. The Bertz CT molecular complexity index is 755. The molecule has 0 saturated heterocycles. The zero-order chi connectivity index (χ0) is 17.1. The number of anilines is 1. The number of allylic oxidation sites excluding steroid dienone is 1. The summed E-state index contributed by atoms with van der Waals surface area (Å²) in [4.78, 5) is 1.83. The van der Waals surface area contributed by atoms with Crippen molar-refractivity contribution in [2.45, 2.75) is 13.3 Å². The Kier molecular flexibility index (Phi) is 5.55. The third-order valence-electron chi connectivity index (χ3n) is 3.54. The third kappa shape index (κ3) is 3.98. The molecule has 0 unspecified atom stereocenters. The molecule has 2 nitrogen and oxygen atoms in total. The van der Waals surface area contributed by atoms with Crippen molar-refractivity contribution in [3.63, 3.8) is 0 Å². The molecule has 0 spiro atoms. The van der Waals surface area contributed by atoms with Gasteiger partial charge in [-0.2, -0.15) is 0 Å². The summed E-state index contributed by atoms with van der Waals surface area (Å²) in [5, 5.41) is 1.15. The van der Waals surface area contributed by atoms with Gasteiger partial charge in [0.1, 0.15) is 5.16 Å². The Balaban J connectivity index is 2.50. The van der Waals surface area contributed by atoms with E-state index >= 15 is 0 Å². The van der Waals surface area contributed by atoms with Crippen LogP contribution in [0.3, 0.4) is 0 Å². The highest BCUT2D eigenvalue weighted by molar-refractivity contribution is 6.33. The van der Waals surface area contributed by atoms with Crippen LogP contribution in [-0.2, 0) is 6.42 Å². The van der Waals surface area contributed by atoms with Crippen LogP contribution in [0.1, 0.15) is 12.5 Å². The molecule has 0 aliphatic carbocycles. The van der Waals surface area contributed by atoms with Crippen LogP contribution < -0.4 is 5.73 Å². The minimum atomic E-state index is -0.456. The van der Waals surface area contributed by atoms with Gasteiger partial charge >= 0.3 is 0 Å². The molecule has 122 valence electrons. The number of benzene rings is 2. The minimum Gasteiger partial charge on any atom is -0.396 e. The van der Waals surface area contributed by atoms with Gasteiger partial charge in [-0.15, -0.1) is 0 Å². The average Bonchev–Trinajstić information content (AvgIpc) is 2.50. The van der Waals surface area contributed by atoms with Crippen LogP contribution in [-0.4, -0.2) is 19.0 Å². The molecule has 0 radical (unpaired) electrons. The lowest BCUT2D eigenvalue weighted by molar-refractivity contribution is 0.539. The number of hydrogen-bond acceptors (Lipinski definition) is 2. The molecule has 0 heterocycles. The Morgan fingerprint density at radius 1 is 1.17 bits per heavy atom. The van der Waals surface area contributed by atoms with Gasteiger partial charge in [-0.1, -0.05) is 41.4 Å². The molecule has 0 aromatic heterocycles. The van der Waals surface area contributed by atoms with E-state index in [0.717, 1.165) is 11.1 Å². The van der Waals surface area contributed by atoms with E-state index in [1.165, 1.54) is 0 Å². The molecule has 0 bridgehead atoms. The van der Waals surface area contributed by atoms with Crippen molar-refractivity contribution in [3.05, 3.63) is 63.5 Å². The third-order valence-corrected chi connectivity index (χ3v) is 4.53. The molecular formula is C18H19Cl2FN2.